The summed E-state index contributed by atoms with van der Waals surface area (Å²) in [5, 5.41) is 12.7. The minimum Gasteiger partial charge on any atom is -0.493 e. The van der Waals surface area contributed by atoms with Crippen molar-refractivity contribution in [2.45, 2.75) is 20.3 Å². The topological polar surface area (TPSA) is 114 Å². The van der Waals surface area contributed by atoms with Crippen LogP contribution in [0.25, 0.3) is 16.8 Å². The first-order valence-electron chi connectivity index (χ1n) is 8.48. The molecule has 3 aromatic rings. The molecule has 2 heterocycles. The molecule has 1 aromatic carbocycles. The molecule has 0 amide bonds. The molecule has 0 saturated carbocycles. The van der Waals surface area contributed by atoms with E-state index in [2.05, 4.69) is 15.3 Å². The van der Waals surface area contributed by atoms with Crippen LogP contribution in [0.3, 0.4) is 0 Å². The third kappa shape index (κ3) is 3.12. The predicted octanol–water partition coefficient (Wildman–Crippen LogP) is 2.13. The Balaban J connectivity index is 2.22. The van der Waals surface area contributed by atoms with E-state index in [4.69, 9.17) is 19.9 Å². The van der Waals surface area contributed by atoms with Crippen LogP contribution >= 0.6 is 0 Å². The number of nitrogens with two attached hydrogens (primary N) is 1. The summed E-state index contributed by atoms with van der Waals surface area (Å²) >= 11 is 0. The highest BCUT2D eigenvalue weighted by molar-refractivity contribution is 5.93. The molecule has 0 unspecified atom stereocenters. The summed E-state index contributed by atoms with van der Waals surface area (Å²) in [7, 11) is 3.15. The number of esters is 1. The van der Waals surface area contributed by atoms with Crippen molar-refractivity contribution in [3.05, 3.63) is 29.6 Å². The molecule has 0 aliphatic rings. The summed E-state index contributed by atoms with van der Waals surface area (Å²) in [5.41, 5.74) is 8.88. The van der Waals surface area contributed by atoms with Crippen LogP contribution in [0.4, 0.5) is 5.82 Å². The number of ether oxygens (including phenoxy) is 3. The second kappa shape index (κ2) is 7.48. The van der Waals surface area contributed by atoms with E-state index in [-0.39, 0.29) is 18.1 Å². The number of methoxy groups -OCH3 is 2. The van der Waals surface area contributed by atoms with Gasteiger partial charge in [0.25, 0.3) is 0 Å². The first-order chi connectivity index (χ1) is 13.0. The fraction of sp³-hybridized carbons (Fsp3) is 0.333. The van der Waals surface area contributed by atoms with Crippen LogP contribution < -0.4 is 15.2 Å². The molecule has 27 heavy (non-hydrogen) atoms. The fourth-order valence-electron chi connectivity index (χ4n) is 2.84. The van der Waals surface area contributed by atoms with Gasteiger partial charge >= 0.3 is 5.97 Å². The zero-order valence-electron chi connectivity index (χ0n) is 15.6. The van der Waals surface area contributed by atoms with Crippen molar-refractivity contribution in [2.24, 2.45) is 0 Å². The summed E-state index contributed by atoms with van der Waals surface area (Å²) in [6.07, 6.45) is 0.640. The zero-order chi connectivity index (χ0) is 19.6. The van der Waals surface area contributed by atoms with Crippen molar-refractivity contribution >= 4 is 17.4 Å². The number of aromatic nitrogens is 4. The number of hydrogen-bond acceptors (Lipinski definition) is 8. The van der Waals surface area contributed by atoms with E-state index in [0.717, 1.165) is 16.8 Å². The van der Waals surface area contributed by atoms with Gasteiger partial charge in [-0.1, -0.05) is 13.0 Å². The molecule has 0 fully saturated rings. The van der Waals surface area contributed by atoms with Crippen molar-refractivity contribution in [1.82, 2.24) is 19.8 Å². The van der Waals surface area contributed by atoms with Crippen molar-refractivity contribution in [1.29, 1.82) is 0 Å². The highest BCUT2D eigenvalue weighted by Crippen LogP contribution is 2.35. The van der Waals surface area contributed by atoms with Gasteiger partial charge in [-0.25, -0.2) is 4.79 Å². The van der Waals surface area contributed by atoms with Gasteiger partial charge in [-0.2, -0.15) is 9.61 Å². The second-order valence-electron chi connectivity index (χ2n) is 5.63. The number of rotatable bonds is 6. The quantitative estimate of drug-likeness (QED) is 0.656. The number of hydrogen-bond donors (Lipinski definition) is 1. The Labute approximate surface area is 156 Å². The van der Waals surface area contributed by atoms with Crippen molar-refractivity contribution < 1.29 is 19.0 Å². The standard InChI is InChI=1S/C18H21N5O4/c1-5-11-14(10-7-8-12(25-3)13(9-10)26-4)17-21-20-15(18(24)27-6-2)16(19)23(17)22-11/h7-9H,5-6,19H2,1-4H3. The van der Waals surface area contributed by atoms with Gasteiger partial charge in [0.05, 0.1) is 32.1 Å². The summed E-state index contributed by atoms with van der Waals surface area (Å²) in [4.78, 5) is 12.0. The van der Waals surface area contributed by atoms with E-state index in [1.165, 1.54) is 4.52 Å². The molecule has 0 aliphatic carbocycles. The number of nitrogens with zero attached hydrogens (tertiary/aromatic N) is 4. The van der Waals surface area contributed by atoms with E-state index in [9.17, 15) is 4.79 Å². The Bertz CT molecular complexity index is 999. The highest BCUT2D eigenvalue weighted by Gasteiger charge is 2.23. The molecule has 0 saturated heterocycles. The minimum absolute atomic E-state index is 0.0617. The maximum Gasteiger partial charge on any atom is 0.362 e. The van der Waals surface area contributed by atoms with Gasteiger partial charge in [0.2, 0.25) is 5.69 Å². The molecule has 0 spiro atoms. The molecular formula is C18H21N5O4. The lowest BCUT2D eigenvalue weighted by Crippen LogP contribution is -2.15. The van der Waals surface area contributed by atoms with Crippen molar-refractivity contribution in [3.8, 4) is 22.6 Å². The number of nitrogen functional groups attached to an aromatic ring is 1. The summed E-state index contributed by atoms with van der Waals surface area (Å²) in [6, 6.07) is 5.53. The Hall–Kier alpha value is -3.36. The number of benzene rings is 1. The van der Waals surface area contributed by atoms with Crippen LogP contribution in [0.2, 0.25) is 0 Å². The van der Waals surface area contributed by atoms with E-state index < -0.39 is 5.97 Å². The maximum atomic E-state index is 12.0. The van der Waals surface area contributed by atoms with Gasteiger partial charge < -0.3 is 19.9 Å². The predicted molar refractivity (Wildman–Crippen MR) is 99.1 cm³/mol. The average Bonchev–Trinajstić information content (AvgIpc) is 3.07. The molecule has 0 atom stereocenters. The molecule has 142 valence electrons. The van der Waals surface area contributed by atoms with Crippen molar-refractivity contribution in [2.75, 3.05) is 26.6 Å². The van der Waals surface area contributed by atoms with E-state index in [0.29, 0.717) is 23.6 Å². The van der Waals surface area contributed by atoms with Crippen LogP contribution in [0.5, 0.6) is 11.5 Å². The van der Waals surface area contributed by atoms with Gasteiger partial charge in [0, 0.05) is 0 Å². The molecule has 0 radical (unpaired) electrons. The van der Waals surface area contributed by atoms with Crippen molar-refractivity contribution in [3.63, 3.8) is 0 Å². The minimum atomic E-state index is -0.634. The number of aryl methyl sites for hydroxylation is 1. The molecule has 2 N–H and O–H groups in total. The van der Waals surface area contributed by atoms with Crippen LogP contribution in [-0.2, 0) is 11.2 Å². The SMILES string of the molecule is CCOC(=O)c1nnc2c(-c3ccc(OC)c(OC)c3)c(CC)nn2c1N. The highest BCUT2D eigenvalue weighted by atomic mass is 16.5. The molecular weight excluding hydrogens is 350 g/mol. The van der Waals surface area contributed by atoms with Crippen LogP contribution in [0, 0.1) is 0 Å². The second-order valence-corrected chi connectivity index (χ2v) is 5.63. The van der Waals surface area contributed by atoms with Crippen LogP contribution in [0.15, 0.2) is 18.2 Å². The molecule has 2 aromatic heterocycles. The van der Waals surface area contributed by atoms with Crippen LogP contribution in [-0.4, -0.2) is 46.6 Å². The monoisotopic (exact) mass is 371 g/mol. The average molecular weight is 371 g/mol. The normalized spacial score (nSPS) is 10.8. The van der Waals surface area contributed by atoms with E-state index >= 15 is 0 Å². The molecule has 9 nitrogen and oxygen atoms in total. The van der Waals surface area contributed by atoms with Gasteiger partial charge in [0.15, 0.2) is 23.0 Å². The van der Waals surface area contributed by atoms with Gasteiger partial charge in [-0.15, -0.1) is 10.2 Å². The smallest absolute Gasteiger partial charge is 0.362 e. The van der Waals surface area contributed by atoms with Gasteiger partial charge in [-0.05, 0) is 31.0 Å². The first-order valence-corrected chi connectivity index (χ1v) is 8.48. The van der Waals surface area contributed by atoms with Gasteiger partial charge in [-0.3, -0.25) is 0 Å². The van der Waals surface area contributed by atoms with E-state index in [1.807, 2.05) is 19.1 Å². The third-order valence-electron chi connectivity index (χ3n) is 4.12. The van der Waals surface area contributed by atoms with Crippen LogP contribution in [0.1, 0.15) is 30.0 Å². The largest absolute Gasteiger partial charge is 0.493 e. The Kier molecular flexibility index (Phi) is 5.11. The first kappa shape index (κ1) is 18.4. The molecule has 3 rings (SSSR count). The lowest BCUT2D eigenvalue weighted by molar-refractivity contribution is 0.0519. The summed E-state index contributed by atoms with van der Waals surface area (Å²) in [6.45, 7) is 3.90. The number of carbonyl (C=O) groups is 1. The number of carbonyl (C=O) groups excluding carboxylic acids is 1. The lowest BCUT2D eigenvalue weighted by atomic mass is 10.0. The third-order valence-corrected chi connectivity index (χ3v) is 4.12. The number of fused-ring (bicyclic) bond motifs is 1. The molecule has 0 aliphatic heterocycles. The molecule has 0 bridgehead atoms. The van der Waals surface area contributed by atoms with E-state index in [1.54, 1.807) is 27.2 Å². The molecule has 9 heteroatoms. The van der Waals surface area contributed by atoms with Gasteiger partial charge in [0.1, 0.15) is 0 Å². The number of anilines is 1. The Morgan fingerprint density at radius 2 is 1.89 bits per heavy atom. The maximum absolute atomic E-state index is 12.0. The lowest BCUT2D eigenvalue weighted by Gasteiger charge is -2.10. The Morgan fingerprint density at radius 1 is 1.15 bits per heavy atom. The summed E-state index contributed by atoms with van der Waals surface area (Å²) in [5.74, 6) is 0.650. The summed E-state index contributed by atoms with van der Waals surface area (Å²) < 4.78 is 17.1. The Morgan fingerprint density at radius 3 is 2.52 bits per heavy atom. The zero-order valence-corrected chi connectivity index (χ0v) is 15.6. The fourth-order valence-corrected chi connectivity index (χ4v) is 2.84.